The summed E-state index contributed by atoms with van der Waals surface area (Å²) in [5.74, 6) is 0. The summed E-state index contributed by atoms with van der Waals surface area (Å²) in [6.07, 6.45) is 5.24. The van der Waals surface area contributed by atoms with Gasteiger partial charge < -0.3 is 9.64 Å². The van der Waals surface area contributed by atoms with Gasteiger partial charge in [0.2, 0.25) is 0 Å². The van der Waals surface area contributed by atoms with Crippen LogP contribution in [-0.4, -0.2) is 19.4 Å². The lowest BCUT2D eigenvalue weighted by Gasteiger charge is -2.33. The summed E-state index contributed by atoms with van der Waals surface area (Å²) < 4.78 is 5.84. The summed E-state index contributed by atoms with van der Waals surface area (Å²) in [6.45, 7) is 2.06. The van der Waals surface area contributed by atoms with Crippen molar-refractivity contribution in [2.45, 2.75) is 31.9 Å². The van der Waals surface area contributed by atoms with E-state index in [1.165, 1.54) is 36.9 Å². The Bertz CT molecular complexity index is 344. The Hall–Kier alpha value is -1.02. The molecule has 3 rings (SSSR count). The molecule has 15 heavy (non-hydrogen) atoms. The predicted molar refractivity (Wildman–Crippen MR) is 61.1 cm³/mol. The lowest BCUT2D eigenvalue weighted by Crippen LogP contribution is -2.38. The van der Waals surface area contributed by atoms with Gasteiger partial charge in [-0.05, 0) is 37.3 Å². The second kappa shape index (κ2) is 3.86. The van der Waals surface area contributed by atoms with Crippen LogP contribution in [0, 0.1) is 0 Å². The first kappa shape index (κ1) is 9.22. The van der Waals surface area contributed by atoms with Gasteiger partial charge in [0, 0.05) is 18.8 Å². The van der Waals surface area contributed by atoms with Gasteiger partial charge in [0.1, 0.15) is 6.23 Å². The Balaban J connectivity index is 1.83. The van der Waals surface area contributed by atoms with Gasteiger partial charge in [0.15, 0.2) is 0 Å². The Morgan fingerprint density at radius 1 is 1.20 bits per heavy atom. The Morgan fingerprint density at radius 3 is 3.00 bits per heavy atom. The number of ether oxygens (including phenoxy) is 1. The van der Waals surface area contributed by atoms with Gasteiger partial charge in [0.05, 0.1) is 0 Å². The summed E-state index contributed by atoms with van der Waals surface area (Å²) in [6, 6.07) is 8.71. The molecule has 0 bridgehead atoms. The van der Waals surface area contributed by atoms with Crippen molar-refractivity contribution >= 4 is 5.69 Å². The van der Waals surface area contributed by atoms with E-state index in [0.717, 1.165) is 13.2 Å². The largest absolute Gasteiger partial charge is 0.358 e. The van der Waals surface area contributed by atoms with Gasteiger partial charge in [-0.15, -0.1) is 0 Å². The number of fused-ring (bicyclic) bond motifs is 1. The van der Waals surface area contributed by atoms with Crippen LogP contribution in [0.3, 0.4) is 0 Å². The summed E-state index contributed by atoms with van der Waals surface area (Å²) >= 11 is 0. The molecule has 1 fully saturated rings. The van der Waals surface area contributed by atoms with Crippen LogP contribution in [-0.2, 0) is 11.2 Å². The Morgan fingerprint density at radius 2 is 2.13 bits per heavy atom. The van der Waals surface area contributed by atoms with E-state index < -0.39 is 0 Å². The van der Waals surface area contributed by atoms with Crippen molar-refractivity contribution in [2.24, 2.45) is 0 Å². The number of nitrogens with zero attached hydrogens (tertiary/aromatic N) is 1. The van der Waals surface area contributed by atoms with Crippen LogP contribution in [0.1, 0.15) is 24.8 Å². The van der Waals surface area contributed by atoms with Crippen LogP contribution < -0.4 is 4.90 Å². The van der Waals surface area contributed by atoms with Crippen molar-refractivity contribution in [1.82, 2.24) is 0 Å². The molecule has 0 saturated carbocycles. The molecule has 0 N–H and O–H groups in total. The first-order chi connectivity index (χ1) is 7.45. The van der Waals surface area contributed by atoms with Crippen molar-refractivity contribution in [3.05, 3.63) is 29.8 Å². The van der Waals surface area contributed by atoms with Gasteiger partial charge >= 0.3 is 0 Å². The molecule has 2 aliphatic heterocycles. The highest BCUT2D eigenvalue weighted by molar-refractivity contribution is 5.58. The number of hydrogen-bond acceptors (Lipinski definition) is 2. The van der Waals surface area contributed by atoms with Crippen LogP contribution >= 0.6 is 0 Å². The molecule has 1 aromatic carbocycles. The zero-order valence-electron chi connectivity index (χ0n) is 8.98. The number of rotatable bonds is 1. The molecule has 1 saturated heterocycles. The maximum absolute atomic E-state index is 5.84. The van der Waals surface area contributed by atoms with Crippen molar-refractivity contribution in [2.75, 3.05) is 18.1 Å². The van der Waals surface area contributed by atoms with Crippen LogP contribution in [0.25, 0.3) is 0 Å². The van der Waals surface area contributed by atoms with E-state index in [4.69, 9.17) is 4.74 Å². The van der Waals surface area contributed by atoms with Gasteiger partial charge in [0.25, 0.3) is 0 Å². The third-order valence-corrected chi connectivity index (χ3v) is 3.43. The number of benzene rings is 1. The highest BCUT2D eigenvalue weighted by Gasteiger charge is 2.27. The lowest BCUT2D eigenvalue weighted by atomic mass is 10.1. The summed E-state index contributed by atoms with van der Waals surface area (Å²) in [4.78, 5) is 2.44. The van der Waals surface area contributed by atoms with E-state index in [1.807, 2.05) is 0 Å². The minimum absolute atomic E-state index is 0.336. The van der Waals surface area contributed by atoms with E-state index >= 15 is 0 Å². The van der Waals surface area contributed by atoms with E-state index in [2.05, 4.69) is 29.2 Å². The zero-order chi connectivity index (χ0) is 10.1. The summed E-state index contributed by atoms with van der Waals surface area (Å²) in [5, 5.41) is 0. The van der Waals surface area contributed by atoms with Crippen molar-refractivity contribution in [3.63, 3.8) is 0 Å². The third kappa shape index (κ3) is 1.63. The van der Waals surface area contributed by atoms with Crippen molar-refractivity contribution < 1.29 is 4.74 Å². The fourth-order valence-electron chi connectivity index (χ4n) is 2.63. The number of anilines is 1. The quantitative estimate of drug-likeness (QED) is 0.695. The normalized spacial score (nSPS) is 25.3. The highest BCUT2D eigenvalue weighted by Crippen LogP contribution is 2.31. The maximum Gasteiger partial charge on any atom is 0.130 e. The molecule has 1 aromatic rings. The van der Waals surface area contributed by atoms with Gasteiger partial charge in [-0.25, -0.2) is 0 Å². The molecule has 80 valence electrons. The molecule has 0 amide bonds. The average Bonchev–Trinajstić information content (AvgIpc) is 2.74. The third-order valence-electron chi connectivity index (χ3n) is 3.43. The molecular weight excluding hydrogens is 186 g/mol. The molecule has 0 unspecified atom stereocenters. The highest BCUT2D eigenvalue weighted by atomic mass is 16.5. The monoisotopic (exact) mass is 203 g/mol. The summed E-state index contributed by atoms with van der Waals surface area (Å²) in [5.41, 5.74) is 2.87. The molecule has 1 atom stereocenters. The molecular formula is C13H17NO. The topological polar surface area (TPSA) is 12.5 Å². The van der Waals surface area contributed by atoms with E-state index in [9.17, 15) is 0 Å². The van der Waals surface area contributed by atoms with E-state index in [1.54, 1.807) is 0 Å². The second-order valence-corrected chi connectivity index (χ2v) is 4.39. The lowest BCUT2D eigenvalue weighted by molar-refractivity contribution is 0.0155. The predicted octanol–water partition coefficient (Wildman–Crippen LogP) is 2.58. The minimum atomic E-state index is 0.336. The van der Waals surface area contributed by atoms with E-state index in [-0.39, 0.29) is 0 Å². The van der Waals surface area contributed by atoms with Gasteiger partial charge in [-0.3, -0.25) is 0 Å². The van der Waals surface area contributed by atoms with Crippen molar-refractivity contribution in [1.29, 1.82) is 0 Å². The molecule has 2 aliphatic rings. The molecule has 2 heterocycles. The van der Waals surface area contributed by atoms with E-state index in [0.29, 0.717) is 6.23 Å². The minimum Gasteiger partial charge on any atom is -0.358 e. The van der Waals surface area contributed by atoms with Crippen LogP contribution in [0.15, 0.2) is 24.3 Å². The fourth-order valence-corrected chi connectivity index (χ4v) is 2.63. The van der Waals surface area contributed by atoms with Gasteiger partial charge in [-0.1, -0.05) is 18.2 Å². The smallest absolute Gasteiger partial charge is 0.130 e. The second-order valence-electron chi connectivity index (χ2n) is 4.39. The maximum atomic E-state index is 5.84. The van der Waals surface area contributed by atoms with Crippen LogP contribution in [0.5, 0.6) is 0 Å². The Kier molecular flexibility index (Phi) is 2.37. The average molecular weight is 203 g/mol. The molecule has 2 nitrogen and oxygen atoms in total. The SMILES string of the molecule is c1ccc2c(c1)CCN2[C@H]1CCCCO1. The Labute approximate surface area is 90.8 Å². The number of para-hydroxylation sites is 1. The first-order valence-corrected chi connectivity index (χ1v) is 5.91. The first-order valence-electron chi connectivity index (χ1n) is 5.91. The van der Waals surface area contributed by atoms with Crippen LogP contribution in [0.4, 0.5) is 5.69 Å². The number of hydrogen-bond donors (Lipinski definition) is 0. The zero-order valence-corrected chi connectivity index (χ0v) is 8.98. The molecule has 0 aromatic heterocycles. The fraction of sp³-hybridized carbons (Fsp3) is 0.538. The standard InChI is InChI=1S/C13H17NO/c1-2-6-12-11(5-1)8-9-14(12)13-7-3-4-10-15-13/h1-2,5-6,13H,3-4,7-10H2/t13-/m1/s1. The molecule has 0 radical (unpaired) electrons. The van der Waals surface area contributed by atoms with Crippen molar-refractivity contribution in [3.8, 4) is 0 Å². The molecule has 0 aliphatic carbocycles. The van der Waals surface area contributed by atoms with Crippen LogP contribution in [0.2, 0.25) is 0 Å². The van der Waals surface area contributed by atoms with Gasteiger partial charge in [-0.2, -0.15) is 0 Å². The molecule has 2 heteroatoms. The molecule has 0 spiro atoms. The summed E-state index contributed by atoms with van der Waals surface area (Å²) in [7, 11) is 0.